The molecule has 0 rings (SSSR count). The van der Waals surface area contributed by atoms with E-state index < -0.39 is 0 Å². The molecule has 0 saturated heterocycles. The molecule has 0 saturated carbocycles. The fraction of sp³-hybridized carbons (Fsp3) is 1.00. The van der Waals surface area contributed by atoms with Gasteiger partial charge in [0.05, 0.1) is 41.3 Å². The van der Waals surface area contributed by atoms with E-state index in [1.54, 1.807) is 0 Å². The maximum absolute atomic E-state index is 10.7. The second kappa shape index (κ2) is 23.2. The van der Waals surface area contributed by atoms with Gasteiger partial charge in [-0.1, -0.05) is 90.9 Å². The van der Waals surface area contributed by atoms with Gasteiger partial charge in [-0.2, -0.15) is 0 Å². The number of halogens is 2. The van der Waals surface area contributed by atoms with Gasteiger partial charge in [-0.05, 0) is 25.7 Å². The highest BCUT2D eigenvalue weighted by Crippen LogP contribution is 2.13. The van der Waals surface area contributed by atoms with E-state index in [9.17, 15) is 5.11 Å². The summed E-state index contributed by atoms with van der Waals surface area (Å²) in [6.07, 6.45) is 21.8. The number of likely N-dealkylation sites (N-methyl/N-ethyl adjacent to an activating group) is 2. The topological polar surface area (TPSA) is 20.2 Å². The number of hydrogen-bond acceptors (Lipinski definition) is 1. The van der Waals surface area contributed by atoms with Gasteiger partial charge in [0.25, 0.3) is 0 Å². The number of hydrogen-bond donors (Lipinski definition) is 1. The maximum Gasteiger partial charge on any atom is 0.152 e. The molecule has 0 aromatic heterocycles. The number of aliphatic hydroxyl groups is 1. The summed E-state index contributed by atoms with van der Waals surface area (Å²) in [4.78, 5) is 0. The maximum atomic E-state index is 10.7. The van der Waals surface area contributed by atoms with Crippen LogP contribution in [0.15, 0.2) is 0 Å². The number of aliphatic hydroxyl groups excluding tert-OH is 1. The van der Waals surface area contributed by atoms with Crippen LogP contribution in [0.5, 0.6) is 0 Å². The molecule has 0 aliphatic carbocycles. The van der Waals surface area contributed by atoms with Crippen LogP contribution in [0.1, 0.15) is 117 Å². The lowest BCUT2D eigenvalue weighted by Crippen LogP contribution is -3.00. The third kappa shape index (κ3) is 25.1. The van der Waals surface area contributed by atoms with Crippen LogP contribution in [0.4, 0.5) is 0 Å². The number of nitrogens with zero attached hydrogens (tertiary/aromatic N) is 2. The van der Waals surface area contributed by atoms with Crippen molar-refractivity contribution in [2.45, 2.75) is 123 Å². The lowest BCUT2D eigenvalue weighted by atomic mass is 10.1. The SMILES string of the molecule is CCCCCCCCCC[N+](C)(C)CC(O)C[N+](C)(C)CCCCCCCCCC.[Cl-].[Cl-]. The minimum Gasteiger partial charge on any atom is -1.00 e. The average molecular weight is 500 g/mol. The monoisotopic (exact) mass is 498 g/mol. The van der Waals surface area contributed by atoms with Crippen molar-refractivity contribution in [2.24, 2.45) is 0 Å². The fourth-order valence-electron chi connectivity index (χ4n) is 4.73. The van der Waals surface area contributed by atoms with Crippen LogP contribution in [0.25, 0.3) is 0 Å². The van der Waals surface area contributed by atoms with Crippen molar-refractivity contribution in [3.8, 4) is 0 Å². The molecule has 0 unspecified atom stereocenters. The summed E-state index contributed by atoms with van der Waals surface area (Å²) in [6.45, 7) is 8.72. The number of unbranched alkanes of at least 4 members (excludes halogenated alkanes) is 14. The molecule has 0 aromatic carbocycles. The van der Waals surface area contributed by atoms with Crippen molar-refractivity contribution in [1.29, 1.82) is 0 Å². The van der Waals surface area contributed by atoms with E-state index in [-0.39, 0.29) is 30.9 Å². The molecule has 0 aromatic rings. The first-order chi connectivity index (χ1) is 14.2. The van der Waals surface area contributed by atoms with Gasteiger partial charge in [0, 0.05) is 0 Å². The van der Waals surface area contributed by atoms with E-state index in [1.807, 2.05) is 0 Å². The Morgan fingerprint density at radius 2 is 0.719 bits per heavy atom. The molecular weight excluding hydrogens is 439 g/mol. The highest BCUT2D eigenvalue weighted by Gasteiger charge is 2.26. The average Bonchev–Trinajstić information content (AvgIpc) is 2.65. The minimum absolute atomic E-state index is 0. The lowest BCUT2D eigenvalue weighted by molar-refractivity contribution is -0.914. The van der Waals surface area contributed by atoms with Crippen LogP contribution in [-0.4, -0.2) is 74.5 Å². The van der Waals surface area contributed by atoms with Crippen LogP contribution in [0, 0.1) is 0 Å². The molecule has 5 heteroatoms. The predicted octanol–water partition coefficient (Wildman–Crippen LogP) is 0.790. The fourth-order valence-corrected chi connectivity index (χ4v) is 4.73. The van der Waals surface area contributed by atoms with Crippen molar-refractivity contribution < 1.29 is 38.9 Å². The van der Waals surface area contributed by atoms with Gasteiger partial charge in [-0.25, -0.2) is 0 Å². The van der Waals surface area contributed by atoms with E-state index in [0.717, 1.165) is 22.1 Å². The molecule has 0 aliphatic heterocycles. The summed E-state index contributed by atoms with van der Waals surface area (Å²) < 4.78 is 1.91. The first-order valence-corrected chi connectivity index (χ1v) is 13.5. The Bertz CT molecular complexity index is 345. The van der Waals surface area contributed by atoms with E-state index >= 15 is 0 Å². The van der Waals surface area contributed by atoms with E-state index in [2.05, 4.69) is 42.0 Å². The second-order valence-corrected chi connectivity index (χ2v) is 11.3. The van der Waals surface area contributed by atoms with Crippen molar-refractivity contribution in [1.82, 2.24) is 0 Å². The van der Waals surface area contributed by atoms with E-state index in [1.165, 1.54) is 116 Å². The van der Waals surface area contributed by atoms with Gasteiger partial charge in [0.2, 0.25) is 0 Å². The smallest absolute Gasteiger partial charge is 0.152 e. The van der Waals surface area contributed by atoms with Gasteiger partial charge < -0.3 is 38.9 Å². The molecule has 0 spiro atoms. The van der Waals surface area contributed by atoms with Crippen molar-refractivity contribution >= 4 is 0 Å². The molecule has 3 nitrogen and oxygen atoms in total. The molecule has 0 amide bonds. The number of rotatable bonds is 22. The summed E-state index contributed by atoms with van der Waals surface area (Å²) >= 11 is 0. The molecule has 0 radical (unpaired) electrons. The van der Waals surface area contributed by atoms with Crippen LogP contribution in [0.3, 0.4) is 0 Å². The van der Waals surface area contributed by atoms with Gasteiger partial charge in [-0.3, -0.25) is 0 Å². The molecule has 0 atom stereocenters. The summed E-state index contributed by atoms with van der Waals surface area (Å²) in [5.41, 5.74) is 0. The van der Waals surface area contributed by atoms with Crippen molar-refractivity contribution in [3.05, 3.63) is 0 Å². The van der Waals surface area contributed by atoms with Gasteiger partial charge in [0.1, 0.15) is 13.1 Å². The van der Waals surface area contributed by atoms with E-state index in [0.29, 0.717) is 0 Å². The zero-order valence-corrected chi connectivity index (χ0v) is 24.3. The first kappa shape index (κ1) is 37.0. The summed E-state index contributed by atoms with van der Waals surface area (Å²) in [7, 11) is 9.18. The molecule has 0 fully saturated rings. The van der Waals surface area contributed by atoms with Crippen molar-refractivity contribution in [3.63, 3.8) is 0 Å². The Morgan fingerprint density at radius 3 is 1.00 bits per heavy atom. The van der Waals surface area contributed by atoms with Crippen LogP contribution in [-0.2, 0) is 0 Å². The first-order valence-electron chi connectivity index (χ1n) is 13.5. The van der Waals surface area contributed by atoms with E-state index in [4.69, 9.17) is 0 Å². The van der Waals surface area contributed by atoms with Crippen LogP contribution >= 0.6 is 0 Å². The molecule has 32 heavy (non-hydrogen) atoms. The highest BCUT2D eigenvalue weighted by atomic mass is 35.5. The Hall–Kier alpha value is 0.460. The zero-order chi connectivity index (χ0) is 22.7. The molecular formula is C27H60Cl2N2O. The molecule has 198 valence electrons. The Morgan fingerprint density at radius 1 is 0.469 bits per heavy atom. The molecule has 0 heterocycles. The number of quaternary nitrogens is 2. The standard InChI is InChI=1S/C27H60N2O.2ClH/c1-7-9-11-13-15-17-19-21-23-28(3,4)25-27(30)26-29(5,6)24-22-20-18-16-14-12-10-8-2;;/h27,30H,7-26H2,1-6H3;2*1H/q+2;;/p-2. The van der Waals surface area contributed by atoms with Gasteiger partial charge in [-0.15, -0.1) is 0 Å². The van der Waals surface area contributed by atoms with Gasteiger partial charge in [0.15, 0.2) is 6.10 Å². The largest absolute Gasteiger partial charge is 1.00 e. The highest BCUT2D eigenvalue weighted by molar-refractivity contribution is 4.55. The van der Waals surface area contributed by atoms with Gasteiger partial charge >= 0.3 is 0 Å². The Balaban J connectivity index is -0.00000420. The summed E-state index contributed by atoms with van der Waals surface area (Å²) in [6, 6.07) is 0. The third-order valence-corrected chi connectivity index (χ3v) is 6.64. The second-order valence-electron chi connectivity index (χ2n) is 11.3. The Labute approximate surface area is 215 Å². The quantitative estimate of drug-likeness (QED) is 0.173. The van der Waals surface area contributed by atoms with Crippen molar-refractivity contribution in [2.75, 3.05) is 54.4 Å². The van der Waals surface area contributed by atoms with Crippen LogP contribution in [0.2, 0.25) is 0 Å². The molecule has 0 aliphatic rings. The third-order valence-electron chi connectivity index (χ3n) is 6.64. The minimum atomic E-state index is -0.196. The van der Waals surface area contributed by atoms with Crippen LogP contribution < -0.4 is 24.8 Å². The lowest BCUT2D eigenvalue weighted by Gasteiger charge is -2.36. The molecule has 0 bridgehead atoms. The normalized spacial score (nSPS) is 12.0. The Kier molecular flexibility index (Phi) is 26.9. The zero-order valence-electron chi connectivity index (χ0n) is 22.8. The summed E-state index contributed by atoms with van der Waals surface area (Å²) in [5, 5.41) is 10.7. The summed E-state index contributed by atoms with van der Waals surface area (Å²) in [5.74, 6) is 0. The predicted molar refractivity (Wildman–Crippen MR) is 135 cm³/mol. The molecule has 1 N–H and O–H groups in total.